The molecule has 2 aliphatic rings. The van der Waals surface area contributed by atoms with Crippen LogP contribution in [0.1, 0.15) is 79.5 Å². The van der Waals surface area contributed by atoms with Gasteiger partial charge in [0.15, 0.2) is 0 Å². The van der Waals surface area contributed by atoms with E-state index in [1.165, 1.54) is 13.2 Å². The van der Waals surface area contributed by atoms with Crippen LogP contribution in [0.25, 0.3) is 5.57 Å². The molecule has 0 bridgehead atoms. The van der Waals surface area contributed by atoms with Gasteiger partial charge in [-0.25, -0.2) is 0 Å². The molecule has 1 heterocycles. The Morgan fingerprint density at radius 2 is 1.48 bits per heavy atom. The summed E-state index contributed by atoms with van der Waals surface area (Å²) in [4.78, 5) is 1.83. The SMILES string of the molecule is COCc1cc(C(F)(F)F)ccc1C1=C(CN2CO[C@H](c3cc(C(F)(F)F)cc(C(F)(F)F)c3)[C@@H]2C)CC(C)(C)CC1. The molecule has 2 aromatic carbocycles. The highest BCUT2D eigenvalue weighted by Gasteiger charge is 2.41. The van der Waals surface area contributed by atoms with E-state index in [2.05, 4.69) is 13.8 Å². The van der Waals surface area contributed by atoms with Crippen LogP contribution >= 0.6 is 0 Å². The van der Waals surface area contributed by atoms with Gasteiger partial charge in [-0.2, -0.15) is 39.5 Å². The van der Waals surface area contributed by atoms with Gasteiger partial charge in [-0.05, 0) is 84.2 Å². The van der Waals surface area contributed by atoms with E-state index in [1.807, 2.05) is 4.90 Å². The smallest absolute Gasteiger partial charge is 0.380 e. The summed E-state index contributed by atoms with van der Waals surface area (Å²) in [6, 6.07) is 4.43. The topological polar surface area (TPSA) is 21.7 Å². The first-order valence-corrected chi connectivity index (χ1v) is 13.4. The number of allylic oxidation sites excluding steroid dienone is 1. The zero-order valence-electron chi connectivity index (χ0n) is 23.5. The summed E-state index contributed by atoms with van der Waals surface area (Å²) in [6.07, 6.45) is -13.6. The maximum absolute atomic E-state index is 13.5. The average molecular weight is 610 g/mol. The second-order valence-corrected chi connectivity index (χ2v) is 11.8. The molecule has 42 heavy (non-hydrogen) atoms. The number of rotatable bonds is 6. The molecule has 1 fully saturated rings. The van der Waals surface area contributed by atoms with Crippen molar-refractivity contribution in [3.8, 4) is 0 Å². The number of hydrogen-bond acceptors (Lipinski definition) is 3. The number of methoxy groups -OCH3 is 1. The van der Waals surface area contributed by atoms with Crippen LogP contribution in [0.3, 0.4) is 0 Å². The van der Waals surface area contributed by atoms with Crippen LogP contribution in [0.5, 0.6) is 0 Å². The van der Waals surface area contributed by atoms with E-state index < -0.39 is 47.4 Å². The third kappa shape index (κ3) is 7.14. The van der Waals surface area contributed by atoms with Crippen molar-refractivity contribution in [3.63, 3.8) is 0 Å². The lowest BCUT2D eigenvalue weighted by atomic mass is 9.72. The summed E-state index contributed by atoms with van der Waals surface area (Å²) in [6.45, 7) is 6.02. The normalized spacial score (nSPS) is 22.2. The van der Waals surface area contributed by atoms with Crippen molar-refractivity contribution in [1.29, 1.82) is 0 Å². The van der Waals surface area contributed by atoms with Crippen LogP contribution in [0.15, 0.2) is 42.0 Å². The fourth-order valence-electron chi connectivity index (χ4n) is 5.81. The third-order valence-corrected chi connectivity index (χ3v) is 7.99. The molecule has 3 nitrogen and oxygen atoms in total. The molecular weight excluding hydrogens is 577 g/mol. The van der Waals surface area contributed by atoms with E-state index in [9.17, 15) is 39.5 Å². The molecule has 1 aliphatic heterocycles. The van der Waals surface area contributed by atoms with Crippen LogP contribution in [-0.4, -0.2) is 31.3 Å². The van der Waals surface area contributed by atoms with Crippen molar-refractivity contribution < 1.29 is 49.0 Å². The van der Waals surface area contributed by atoms with Crippen LogP contribution in [0.4, 0.5) is 39.5 Å². The van der Waals surface area contributed by atoms with Gasteiger partial charge in [0, 0.05) is 19.7 Å². The summed E-state index contributed by atoms with van der Waals surface area (Å²) >= 11 is 0. The largest absolute Gasteiger partial charge is 0.416 e. The minimum Gasteiger partial charge on any atom is -0.380 e. The van der Waals surface area contributed by atoms with E-state index in [4.69, 9.17) is 9.47 Å². The van der Waals surface area contributed by atoms with Gasteiger partial charge in [0.05, 0.1) is 29.4 Å². The number of alkyl halides is 9. The Balaban J connectivity index is 1.70. The fraction of sp³-hybridized carbons (Fsp3) is 0.533. The molecule has 0 aromatic heterocycles. The van der Waals surface area contributed by atoms with Gasteiger partial charge < -0.3 is 9.47 Å². The number of benzene rings is 2. The van der Waals surface area contributed by atoms with E-state index >= 15 is 0 Å². The summed E-state index contributed by atoms with van der Waals surface area (Å²) < 4.78 is 132. The van der Waals surface area contributed by atoms with E-state index in [0.717, 1.165) is 29.7 Å². The summed E-state index contributed by atoms with van der Waals surface area (Å²) in [7, 11) is 1.39. The Morgan fingerprint density at radius 1 is 0.881 bits per heavy atom. The second-order valence-electron chi connectivity index (χ2n) is 11.8. The number of ether oxygens (including phenoxy) is 2. The van der Waals surface area contributed by atoms with E-state index in [-0.39, 0.29) is 36.9 Å². The van der Waals surface area contributed by atoms with Crippen molar-refractivity contribution in [2.75, 3.05) is 20.4 Å². The predicted octanol–water partition coefficient (Wildman–Crippen LogP) is 9.27. The quantitative estimate of drug-likeness (QED) is 0.305. The van der Waals surface area contributed by atoms with Gasteiger partial charge >= 0.3 is 18.5 Å². The number of nitrogens with zero attached hydrogens (tertiary/aromatic N) is 1. The maximum Gasteiger partial charge on any atom is 0.416 e. The molecule has 0 spiro atoms. The third-order valence-electron chi connectivity index (χ3n) is 7.99. The van der Waals surface area contributed by atoms with Crippen LogP contribution in [0.2, 0.25) is 0 Å². The molecular formula is C30H32F9NO2. The van der Waals surface area contributed by atoms with Gasteiger partial charge in [-0.15, -0.1) is 0 Å². The Morgan fingerprint density at radius 3 is 2.02 bits per heavy atom. The molecule has 0 unspecified atom stereocenters. The first-order valence-electron chi connectivity index (χ1n) is 13.4. The van der Waals surface area contributed by atoms with Crippen LogP contribution in [-0.2, 0) is 34.6 Å². The average Bonchev–Trinajstić information content (AvgIpc) is 3.22. The number of hydrogen-bond donors (Lipinski definition) is 0. The van der Waals surface area contributed by atoms with Crippen LogP contribution < -0.4 is 0 Å². The first-order chi connectivity index (χ1) is 19.3. The van der Waals surface area contributed by atoms with Crippen molar-refractivity contribution in [2.45, 2.75) is 77.3 Å². The van der Waals surface area contributed by atoms with Crippen molar-refractivity contribution >= 4 is 5.57 Å². The van der Waals surface area contributed by atoms with Crippen LogP contribution in [0, 0.1) is 5.41 Å². The Labute approximate surface area is 238 Å². The first kappa shape index (κ1) is 32.3. The zero-order valence-corrected chi connectivity index (χ0v) is 23.5. The van der Waals surface area contributed by atoms with Gasteiger partial charge in [0.2, 0.25) is 0 Å². The Hall–Kier alpha value is -2.57. The zero-order chi connectivity index (χ0) is 31.3. The highest BCUT2D eigenvalue weighted by atomic mass is 19.4. The summed E-state index contributed by atoms with van der Waals surface area (Å²) in [5, 5.41) is 0. The van der Waals surface area contributed by atoms with E-state index in [1.54, 1.807) is 6.92 Å². The van der Waals surface area contributed by atoms with Crippen molar-refractivity contribution in [1.82, 2.24) is 4.90 Å². The molecule has 12 heteroatoms. The Bertz CT molecular complexity index is 1290. The summed E-state index contributed by atoms with van der Waals surface area (Å²) in [5.41, 5.74) is -1.15. The molecule has 0 saturated carbocycles. The molecule has 0 amide bonds. The van der Waals surface area contributed by atoms with Gasteiger partial charge in [0.25, 0.3) is 0 Å². The lowest BCUT2D eigenvalue weighted by Gasteiger charge is -2.36. The van der Waals surface area contributed by atoms with Gasteiger partial charge in [0.1, 0.15) is 6.73 Å². The highest BCUT2D eigenvalue weighted by molar-refractivity contribution is 5.73. The molecule has 4 rings (SSSR count). The van der Waals surface area contributed by atoms with Crippen molar-refractivity contribution in [2.24, 2.45) is 5.41 Å². The fourth-order valence-corrected chi connectivity index (χ4v) is 5.81. The van der Waals surface area contributed by atoms with Gasteiger partial charge in [-0.3, -0.25) is 4.90 Å². The minimum absolute atomic E-state index is 0.0399. The molecule has 2 aromatic rings. The molecule has 232 valence electrons. The lowest BCUT2D eigenvalue weighted by molar-refractivity contribution is -0.143. The standard InChI is InChI=1S/C30H32F9NO2/c1-17-26(18-9-22(29(34,35)36)12-23(10-18)30(37,38)39)42-16-40(17)14-20-13-27(2,3)8-7-25(20)24-6-5-21(28(31,32)33)11-19(24)15-41-4/h5-6,9-12,17,26H,7-8,13-16H2,1-4H3/t17-,26-/m0/s1. The Kier molecular flexibility index (Phi) is 8.86. The molecule has 1 aliphatic carbocycles. The summed E-state index contributed by atoms with van der Waals surface area (Å²) in [5.74, 6) is 0. The van der Waals surface area contributed by atoms with E-state index in [0.29, 0.717) is 36.1 Å². The predicted molar refractivity (Wildman–Crippen MR) is 138 cm³/mol. The maximum atomic E-state index is 13.5. The molecule has 0 radical (unpaired) electrons. The minimum atomic E-state index is -4.98. The van der Waals surface area contributed by atoms with Gasteiger partial charge in [-0.1, -0.05) is 25.5 Å². The monoisotopic (exact) mass is 609 g/mol. The lowest BCUT2D eigenvalue weighted by Crippen LogP contribution is -2.33. The molecule has 2 atom stereocenters. The second kappa shape index (κ2) is 11.5. The number of halogens is 9. The van der Waals surface area contributed by atoms with Crippen molar-refractivity contribution in [3.05, 3.63) is 75.4 Å². The molecule has 0 N–H and O–H groups in total. The molecule has 1 saturated heterocycles. The highest BCUT2D eigenvalue weighted by Crippen LogP contribution is 2.46.